The lowest BCUT2D eigenvalue weighted by molar-refractivity contribution is 0.552. The Bertz CT molecular complexity index is 426. The van der Waals surface area contributed by atoms with E-state index in [-0.39, 0.29) is 0 Å². The van der Waals surface area contributed by atoms with Gasteiger partial charge in [-0.05, 0) is 30.2 Å². The summed E-state index contributed by atoms with van der Waals surface area (Å²) < 4.78 is 11.4. The molecule has 1 aromatic rings. The van der Waals surface area contributed by atoms with Crippen LogP contribution >= 0.6 is 0 Å². The first kappa shape index (κ1) is 14.5. The molecule has 1 N–H and O–H groups in total. The van der Waals surface area contributed by atoms with Crippen molar-refractivity contribution in [3.63, 3.8) is 0 Å². The minimum Gasteiger partial charge on any atom is -0.355 e. The summed E-state index contributed by atoms with van der Waals surface area (Å²) >= 11 is 0. The zero-order valence-electron chi connectivity index (χ0n) is 11.8. The second-order valence-corrected chi connectivity index (χ2v) is 7.08. The SMILES string of the molecule is CC(C)CNCc1ccnc(N2CCS(=O)CC2)c1. The van der Waals surface area contributed by atoms with Gasteiger partial charge in [0.25, 0.3) is 0 Å². The van der Waals surface area contributed by atoms with E-state index in [1.165, 1.54) is 5.56 Å². The molecule has 0 saturated carbocycles. The van der Waals surface area contributed by atoms with Crippen LogP contribution < -0.4 is 10.2 Å². The van der Waals surface area contributed by atoms with Gasteiger partial charge in [-0.3, -0.25) is 4.21 Å². The maximum atomic E-state index is 11.4. The van der Waals surface area contributed by atoms with E-state index in [4.69, 9.17) is 0 Å². The fourth-order valence-electron chi connectivity index (χ4n) is 2.12. The second kappa shape index (κ2) is 7.01. The average molecular weight is 281 g/mol. The molecule has 1 aliphatic heterocycles. The molecular weight excluding hydrogens is 258 g/mol. The Labute approximate surface area is 118 Å². The number of anilines is 1. The second-order valence-electron chi connectivity index (χ2n) is 5.38. The van der Waals surface area contributed by atoms with Gasteiger partial charge in [0.15, 0.2) is 0 Å². The number of nitrogens with one attached hydrogen (secondary N) is 1. The van der Waals surface area contributed by atoms with Crippen molar-refractivity contribution >= 4 is 16.6 Å². The lowest BCUT2D eigenvalue weighted by Crippen LogP contribution is -2.38. The molecule has 1 saturated heterocycles. The van der Waals surface area contributed by atoms with E-state index < -0.39 is 10.8 Å². The van der Waals surface area contributed by atoms with Crippen molar-refractivity contribution in [1.82, 2.24) is 10.3 Å². The number of hydrogen-bond donors (Lipinski definition) is 1. The van der Waals surface area contributed by atoms with Crippen LogP contribution in [0.2, 0.25) is 0 Å². The lowest BCUT2D eigenvalue weighted by Gasteiger charge is -2.27. The molecule has 0 spiro atoms. The molecular formula is C14H23N3OS. The third kappa shape index (κ3) is 4.58. The normalized spacial score (nSPS) is 17.1. The van der Waals surface area contributed by atoms with Gasteiger partial charge in [-0.15, -0.1) is 0 Å². The van der Waals surface area contributed by atoms with E-state index in [1.54, 1.807) is 0 Å². The standard InChI is InChI=1S/C14H23N3OS/c1-12(2)10-15-11-13-3-4-16-14(9-13)17-5-7-19(18)8-6-17/h3-4,9,12,15H,5-8,10-11H2,1-2H3. The number of rotatable bonds is 5. The first-order valence-corrected chi connectivity index (χ1v) is 8.39. The Morgan fingerprint density at radius 2 is 2.16 bits per heavy atom. The molecule has 4 nitrogen and oxygen atoms in total. The number of aromatic nitrogens is 1. The third-order valence-corrected chi connectivity index (χ3v) is 4.47. The van der Waals surface area contributed by atoms with Gasteiger partial charge in [-0.25, -0.2) is 4.98 Å². The Balaban J connectivity index is 1.93. The van der Waals surface area contributed by atoms with E-state index in [9.17, 15) is 4.21 Å². The van der Waals surface area contributed by atoms with E-state index in [0.29, 0.717) is 5.92 Å². The molecule has 5 heteroatoms. The van der Waals surface area contributed by atoms with Crippen LogP contribution in [-0.2, 0) is 17.3 Å². The van der Waals surface area contributed by atoms with Crippen molar-refractivity contribution in [3.05, 3.63) is 23.9 Å². The summed E-state index contributed by atoms with van der Waals surface area (Å²) in [5, 5.41) is 3.44. The van der Waals surface area contributed by atoms with Crippen LogP contribution in [-0.4, -0.2) is 40.3 Å². The molecule has 1 aliphatic rings. The maximum Gasteiger partial charge on any atom is 0.128 e. The van der Waals surface area contributed by atoms with Gasteiger partial charge in [0, 0.05) is 48.1 Å². The Morgan fingerprint density at radius 1 is 1.42 bits per heavy atom. The number of pyridine rings is 1. The maximum absolute atomic E-state index is 11.4. The first-order chi connectivity index (χ1) is 9.15. The lowest BCUT2D eigenvalue weighted by atomic mass is 10.2. The summed E-state index contributed by atoms with van der Waals surface area (Å²) in [6.07, 6.45) is 1.87. The summed E-state index contributed by atoms with van der Waals surface area (Å²) in [5.74, 6) is 3.20. The summed E-state index contributed by atoms with van der Waals surface area (Å²) in [4.78, 5) is 6.66. The van der Waals surface area contributed by atoms with Crippen molar-refractivity contribution in [2.45, 2.75) is 20.4 Å². The quantitative estimate of drug-likeness (QED) is 0.886. The van der Waals surface area contributed by atoms with E-state index >= 15 is 0 Å². The fourth-order valence-corrected chi connectivity index (χ4v) is 3.17. The van der Waals surface area contributed by atoms with Crippen LogP contribution in [0.5, 0.6) is 0 Å². The molecule has 2 rings (SSSR count). The highest BCUT2D eigenvalue weighted by Crippen LogP contribution is 2.15. The highest BCUT2D eigenvalue weighted by atomic mass is 32.2. The molecule has 1 aromatic heterocycles. The van der Waals surface area contributed by atoms with Gasteiger partial charge >= 0.3 is 0 Å². The van der Waals surface area contributed by atoms with E-state index in [0.717, 1.165) is 43.5 Å². The highest BCUT2D eigenvalue weighted by Gasteiger charge is 2.16. The molecule has 0 aromatic carbocycles. The monoisotopic (exact) mass is 281 g/mol. The van der Waals surface area contributed by atoms with Crippen molar-refractivity contribution in [3.8, 4) is 0 Å². The Morgan fingerprint density at radius 3 is 2.84 bits per heavy atom. The summed E-state index contributed by atoms with van der Waals surface area (Å²) in [6.45, 7) is 8.02. The van der Waals surface area contributed by atoms with Crippen LogP contribution in [0.15, 0.2) is 18.3 Å². The van der Waals surface area contributed by atoms with Crippen molar-refractivity contribution < 1.29 is 4.21 Å². The molecule has 19 heavy (non-hydrogen) atoms. The third-order valence-electron chi connectivity index (χ3n) is 3.19. The van der Waals surface area contributed by atoms with Gasteiger partial charge < -0.3 is 10.2 Å². The predicted molar refractivity (Wildman–Crippen MR) is 80.9 cm³/mol. The molecule has 0 amide bonds. The Hall–Kier alpha value is -0.940. The molecule has 0 radical (unpaired) electrons. The summed E-state index contributed by atoms with van der Waals surface area (Å²) in [7, 11) is -0.632. The van der Waals surface area contributed by atoms with E-state index in [1.807, 2.05) is 6.20 Å². The largest absolute Gasteiger partial charge is 0.355 e. The smallest absolute Gasteiger partial charge is 0.128 e. The number of nitrogens with zero attached hydrogens (tertiary/aromatic N) is 2. The minimum absolute atomic E-state index is 0.632. The zero-order valence-corrected chi connectivity index (χ0v) is 12.6. The van der Waals surface area contributed by atoms with Crippen molar-refractivity contribution in [1.29, 1.82) is 0 Å². The Kier molecular flexibility index (Phi) is 5.34. The first-order valence-electron chi connectivity index (χ1n) is 6.90. The zero-order chi connectivity index (χ0) is 13.7. The summed E-state index contributed by atoms with van der Waals surface area (Å²) in [6, 6.07) is 4.19. The highest BCUT2D eigenvalue weighted by molar-refractivity contribution is 7.85. The average Bonchev–Trinajstić information content (AvgIpc) is 2.39. The topological polar surface area (TPSA) is 45.2 Å². The molecule has 2 heterocycles. The van der Waals surface area contributed by atoms with Crippen molar-refractivity contribution in [2.24, 2.45) is 5.92 Å². The molecule has 106 valence electrons. The summed E-state index contributed by atoms with van der Waals surface area (Å²) in [5.41, 5.74) is 1.26. The van der Waals surface area contributed by atoms with Crippen LogP contribution in [0, 0.1) is 5.92 Å². The van der Waals surface area contributed by atoms with E-state index in [2.05, 4.69) is 41.2 Å². The fraction of sp³-hybridized carbons (Fsp3) is 0.643. The molecule has 0 unspecified atom stereocenters. The molecule has 0 bridgehead atoms. The van der Waals surface area contributed by atoms with Crippen LogP contribution in [0.3, 0.4) is 0 Å². The predicted octanol–water partition coefficient (Wildman–Crippen LogP) is 1.40. The van der Waals surface area contributed by atoms with Crippen LogP contribution in [0.4, 0.5) is 5.82 Å². The van der Waals surface area contributed by atoms with Gasteiger partial charge in [-0.2, -0.15) is 0 Å². The van der Waals surface area contributed by atoms with Gasteiger partial charge in [0.05, 0.1) is 0 Å². The molecule has 1 fully saturated rings. The molecule has 0 aliphatic carbocycles. The number of hydrogen-bond acceptors (Lipinski definition) is 4. The molecule has 0 atom stereocenters. The van der Waals surface area contributed by atoms with Crippen molar-refractivity contribution in [2.75, 3.05) is 36.0 Å². The minimum atomic E-state index is -0.632. The van der Waals surface area contributed by atoms with Gasteiger partial charge in [-0.1, -0.05) is 13.8 Å². The van der Waals surface area contributed by atoms with Gasteiger partial charge in [0.2, 0.25) is 0 Å². The van der Waals surface area contributed by atoms with Gasteiger partial charge in [0.1, 0.15) is 5.82 Å². The van der Waals surface area contributed by atoms with Crippen LogP contribution in [0.25, 0.3) is 0 Å². The van der Waals surface area contributed by atoms with Crippen LogP contribution in [0.1, 0.15) is 19.4 Å².